The van der Waals surface area contributed by atoms with Crippen molar-refractivity contribution in [2.45, 2.75) is 27.3 Å². The summed E-state index contributed by atoms with van der Waals surface area (Å²) in [6.07, 6.45) is 3.53. The smallest absolute Gasteiger partial charge is 0.258 e. The zero-order valence-corrected chi connectivity index (χ0v) is 17.6. The number of hydrogen-bond donors (Lipinski definition) is 1. The van der Waals surface area contributed by atoms with Crippen molar-refractivity contribution in [2.24, 2.45) is 7.05 Å². The van der Waals surface area contributed by atoms with Crippen molar-refractivity contribution in [3.05, 3.63) is 75.8 Å². The van der Waals surface area contributed by atoms with Gasteiger partial charge in [0.15, 0.2) is 0 Å². The summed E-state index contributed by atoms with van der Waals surface area (Å²) in [5, 5.41) is 8.59. The molecule has 1 aromatic carbocycles. The van der Waals surface area contributed by atoms with E-state index in [4.69, 9.17) is 11.6 Å². The molecule has 0 unspecified atom stereocenters. The van der Waals surface area contributed by atoms with Crippen molar-refractivity contribution in [1.29, 1.82) is 0 Å². The van der Waals surface area contributed by atoms with Crippen LogP contribution in [0.1, 0.15) is 32.9 Å². The number of benzene rings is 1. The third-order valence-electron chi connectivity index (χ3n) is 5.06. The minimum atomic E-state index is -0.277. The Bertz CT molecular complexity index is 1200. The summed E-state index contributed by atoms with van der Waals surface area (Å²) in [5.41, 5.74) is 5.95. The van der Waals surface area contributed by atoms with Crippen molar-refractivity contribution >= 4 is 34.2 Å². The summed E-state index contributed by atoms with van der Waals surface area (Å²) < 4.78 is 3.86. The lowest BCUT2D eigenvalue weighted by atomic mass is 10.1. The van der Waals surface area contributed by atoms with Crippen LogP contribution < -0.4 is 5.32 Å². The molecule has 0 saturated heterocycles. The predicted octanol–water partition coefficient (Wildman–Crippen LogP) is 4.65. The SMILES string of the molecule is Cc1ccc(NC(=O)c2cnc3c(c(C)cn3Cc3cc(C)n(C)n3)c2Cl)cc1. The van der Waals surface area contributed by atoms with E-state index in [1.165, 1.54) is 6.20 Å². The quantitative estimate of drug-likeness (QED) is 0.535. The number of halogens is 1. The highest BCUT2D eigenvalue weighted by Crippen LogP contribution is 2.31. The first-order valence-corrected chi connectivity index (χ1v) is 9.72. The molecular formula is C22H22ClN5O. The van der Waals surface area contributed by atoms with Gasteiger partial charge >= 0.3 is 0 Å². The van der Waals surface area contributed by atoms with E-state index < -0.39 is 0 Å². The molecule has 1 amide bonds. The normalized spacial score (nSPS) is 11.2. The Kier molecular flexibility index (Phi) is 4.88. The number of hydrogen-bond acceptors (Lipinski definition) is 3. The topological polar surface area (TPSA) is 64.7 Å². The molecule has 6 nitrogen and oxygen atoms in total. The maximum atomic E-state index is 12.8. The molecule has 0 atom stereocenters. The van der Waals surface area contributed by atoms with Crippen LogP contribution in [-0.2, 0) is 13.6 Å². The Hall–Kier alpha value is -3.12. The summed E-state index contributed by atoms with van der Waals surface area (Å²) in [4.78, 5) is 17.3. The van der Waals surface area contributed by atoms with Gasteiger partial charge in [0.05, 0.1) is 22.8 Å². The number of aryl methyl sites for hydroxylation is 4. The molecule has 0 radical (unpaired) electrons. The Labute approximate surface area is 174 Å². The largest absolute Gasteiger partial charge is 0.326 e. The van der Waals surface area contributed by atoms with Gasteiger partial charge in [-0.3, -0.25) is 9.48 Å². The van der Waals surface area contributed by atoms with E-state index in [0.717, 1.165) is 39.2 Å². The maximum Gasteiger partial charge on any atom is 0.258 e. The molecule has 0 spiro atoms. The summed E-state index contributed by atoms with van der Waals surface area (Å²) in [5.74, 6) is -0.277. The Morgan fingerprint density at radius 2 is 1.90 bits per heavy atom. The lowest BCUT2D eigenvalue weighted by Crippen LogP contribution is -2.13. The van der Waals surface area contributed by atoms with Gasteiger partial charge in [0, 0.05) is 36.2 Å². The number of nitrogens with one attached hydrogen (secondary N) is 1. The fourth-order valence-corrected chi connectivity index (χ4v) is 3.78. The van der Waals surface area contributed by atoms with Gasteiger partial charge in [-0.1, -0.05) is 29.3 Å². The van der Waals surface area contributed by atoms with E-state index in [9.17, 15) is 4.79 Å². The first-order chi connectivity index (χ1) is 13.8. The van der Waals surface area contributed by atoms with E-state index in [0.29, 0.717) is 17.1 Å². The van der Waals surface area contributed by atoms with Gasteiger partial charge in [-0.05, 0) is 44.5 Å². The van der Waals surface area contributed by atoms with Gasteiger partial charge in [-0.15, -0.1) is 0 Å². The average molecular weight is 408 g/mol. The van der Waals surface area contributed by atoms with E-state index in [1.54, 1.807) is 0 Å². The van der Waals surface area contributed by atoms with Crippen LogP contribution in [0.4, 0.5) is 5.69 Å². The van der Waals surface area contributed by atoms with Crippen molar-refractivity contribution in [3.63, 3.8) is 0 Å². The molecule has 4 aromatic rings. The summed E-state index contributed by atoms with van der Waals surface area (Å²) in [6.45, 7) is 6.57. The van der Waals surface area contributed by atoms with E-state index in [1.807, 2.05) is 73.6 Å². The van der Waals surface area contributed by atoms with Crippen LogP contribution in [0.25, 0.3) is 11.0 Å². The third-order valence-corrected chi connectivity index (χ3v) is 5.45. The number of nitrogens with zero attached hydrogens (tertiary/aromatic N) is 4. The Morgan fingerprint density at radius 1 is 1.17 bits per heavy atom. The van der Waals surface area contributed by atoms with E-state index >= 15 is 0 Å². The lowest BCUT2D eigenvalue weighted by Gasteiger charge is -2.09. The molecule has 0 bridgehead atoms. The van der Waals surface area contributed by atoms with Crippen molar-refractivity contribution in [3.8, 4) is 0 Å². The second kappa shape index (κ2) is 7.37. The number of carbonyl (C=O) groups is 1. The molecule has 0 aliphatic heterocycles. The molecule has 4 rings (SSSR count). The van der Waals surface area contributed by atoms with Gasteiger partial charge < -0.3 is 9.88 Å². The van der Waals surface area contributed by atoms with Crippen molar-refractivity contribution in [1.82, 2.24) is 19.3 Å². The lowest BCUT2D eigenvalue weighted by molar-refractivity contribution is 0.102. The third kappa shape index (κ3) is 3.63. The van der Waals surface area contributed by atoms with Crippen LogP contribution in [0, 0.1) is 20.8 Å². The van der Waals surface area contributed by atoms with Gasteiger partial charge in [-0.2, -0.15) is 5.10 Å². The first-order valence-electron chi connectivity index (χ1n) is 9.35. The first kappa shape index (κ1) is 19.2. The average Bonchev–Trinajstić information content (AvgIpc) is 3.16. The van der Waals surface area contributed by atoms with Crippen molar-refractivity contribution in [2.75, 3.05) is 5.32 Å². The Balaban J connectivity index is 1.67. The van der Waals surface area contributed by atoms with Crippen LogP contribution >= 0.6 is 11.6 Å². The zero-order chi connectivity index (χ0) is 20.7. The number of aromatic nitrogens is 4. The standard InChI is InChI=1S/C22H22ClN5O/c1-13-5-7-16(8-6-13)25-22(29)18-10-24-21-19(20(18)23)14(2)11-28(21)12-17-9-15(3)27(4)26-17/h5-11H,12H2,1-4H3,(H,25,29). The van der Waals surface area contributed by atoms with Crippen LogP contribution in [-0.4, -0.2) is 25.2 Å². The Morgan fingerprint density at radius 3 is 2.55 bits per heavy atom. The minimum Gasteiger partial charge on any atom is -0.326 e. The summed E-state index contributed by atoms with van der Waals surface area (Å²) in [6, 6.07) is 9.67. The van der Waals surface area contributed by atoms with Gasteiger partial charge in [-0.25, -0.2) is 4.98 Å². The predicted molar refractivity (Wildman–Crippen MR) is 116 cm³/mol. The van der Waals surface area contributed by atoms with Gasteiger partial charge in [0.25, 0.3) is 5.91 Å². The maximum absolute atomic E-state index is 12.8. The molecule has 3 aromatic heterocycles. The van der Waals surface area contributed by atoms with Crippen molar-refractivity contribution < 1.29 is 4.79 Å². The molecule has 3 heterocycles. The number of carbonyl (C=O) groups excluding carboxylic acids is 1. The molecule has 7 heteroatoms. The van der Waals surface area contributed by atoms with Crippen LogP contribution in [0.5, 0.6) is 0 Å². The zero-order valence-electron chi connectivity index (χ0n) is 16.8. The molecule has 148 valence electrons. The fraction of sp³-hybridized carbons (Fsp3) is 0.227. The number of amides is 1. The number of rotatable bonds is 4. The van der Waals surface area contributed by atoms with Gasteiger partial charge in [0.1, 0.15) is 5.65 Å². The van der Waals surface area contributed by atoms with Gasteiger partial charge in [0.2, 0.25) is 0 Å². The van der Waals surface area contributed by atoms with Crippen LogP contribution in [0.2, 0.25) is 5.02 Å². The number of anilines is 1. The van der Waals surface area contributed by atoms with Crippen LogP contribution in [0.15, 0.2) is 42.7 Å². The monoisotopic (exact) mass is 407 g/mol. The van der Waals surface area contributed by atoms with E-state index in [2.05, 4.69) is 15.4 Å². The van der Waals surface area contributed by atoms with Crippen LogP contribution in [0.3, 0.4) is 0 Å². The minimum absolute atomic E-state index is 0.277. The highest BCUT2D eigenvalue weighted by molar-refractivity contribution is 6.39. The number of fused-ring (bicyclic) bond motifs is 1. The molecule has 0 saturated carbocycles. The second-order valence-corrected chi connectivity index (χ2v) is 7.72. The summed E-state index contributed by atoms with van der Waals surface area (Å²) in [7, 11) is 1.92. The molecule has 1 N–H and O–H groups in total. The number of pyridine rings is 1. The fourth-order valence-electron chi connectivity index (χ4n) is 3.41. The molecule has 0 fully saturated rings. The molecular weight excluding hydrogens is 386 g/mol. The highest BCUT2D eigenvalue weighted by Gasteiger charge is 2.19. The molecule has 0 aliphatic rings. The molecule has 0 aliphatic carbocycles. The summed E-state index contributed by atoms with van der Waals surface area (Å²) >= 11 is 6.64. The highest BCUT2D eigenvalue weighted by atomic mass is 35.5. The van der Waals surface area contributed by atoms with E-state index in [-0.39, 0.29) is 5.91 Å². The second-order valence-electron chi connectivity index (χ2n) is 7.35. The molecule has 29 heavy (non-hydrogen) atoms.